The molecule has 1 spiro atoms. The fourth-order valence-corrected chi connectivity index (χ4v) is 3.85. The van der Waals surface area contributed by atoms with E-state index in [1.807, 2.05) is 18.2 Å². The van der Waals surface area contributed by atoms with Crippen LogP contribution in [0.15, 0.2) is 18.2 Å². The van der Waals surface area contributed by atoms with Gasteiger partial charge in [0.2, 0.25) is 0 Å². The molecule has 2 atom stereocenters. The molecule has 1 saturated heterocycles. The predicted octanol–water partition coefficient (Wildman–Crippen LogP) is 2.98. The van der Waals surface area contributed by atoms with Crippen molar-refractivity contribution in [3.8, 4) is 11.5 Å². The topological polar surface area (TPSA) is 47.9 Å². The van der Waals surface area contributed by atoms with Gasteiger partial charge in [-0.1, -0.05) is 12.8 Å². The minimum Gasteiger partial charge on any atom is -0.491 e. The molecule has 2 aliphatic heterocycles. The number of fused-ring (bicyclic) bond motifs is 1. The van der Waals surface area contributed by atoms with Crippen LogP contribution < -0.4 is 9.47 Å². The summed E-state index contributed by atoms with van der Waals surface area (Å²) in [4.78, 5) is 0. The molecule has 0 radical (unpaired) electrons. The van der Waals surface area contributed by atoms with Crippen LogP contribution in [0.4, 0.5) is 0 Å². The van der Waals surface area contributed by atoms with Gasteiger partial charge in [0.05, 0.1) is 11.7 Å². The highest BCUT2D eigenvalue weighted by molar-refractivity contribution is 5.44. The zero-order chi connectivity index (χ0) is 14.3. The third-order valence-corrected chi connectivity index (χ3v) is 5.03. The first-order valence-corrected chi connectivity index (χ1v) is 8.00. The molecule has 2 unspecified atom stereocenters. The molecule has 3 aliphatic rings. The Bertz CT molecular complexity index is 522. The fourth-order valence-electron chi connectivity index (χ4n) is 3.85. The summed E-state index contributed by atoms with van der Waals surface area (Å²) < 4.78 is 17.5. The van der Waals surface area contributed by atoms with Gasteiger partial charge in [-0.15, -0.1) is 0 Å². The van der Waals surface area contributed by atoms with Crippen molar-refractivity contribution in [1.29, 1.82) is 0 Å². The summed E-state index contributed by atoms with van der Waals surface area (Å²) in [6, 6.07) is 5.65. The number of rotatable bonds is 3. The normalized spacial score (nSPS) is 29.6. The van der Waals surface area contributed by atoms with E-state index in [2.05, 4.69) is 0 Å². The summed E-state index contributed by atoms with van der Waals surface area (Å²) in [6.45, 7) is 0.941. The Morgan fingerprint density at radius 2 is 2.10 bits per heavy atom. The number of aliphatic hydroxyl groups excluding tert-OH is 1. The molecule has 1 aromatic carbocycles. The van der Waals surface area contributed by atoms with Crippen LogP contribution in [0.2, 0.25) is 0 Å². The van der Waals surface area contributed by atoms with Crippen LogP contribution in [-0.4, -0.2) is 30.0 Å². The van der Waals surface area contributed by atoms with Crippen molar-refractivity contribution in [3.05, 3.63) is 23.8 Å². The lowest BCUT2D eigenvalue weighted by Crippen LogP contribution is -2.27. The highest BCUT2D eigenvalue weighted by Crippen LogP contribution is 2.43. The van der Waals surface area contributed by atoms with Crippen LogP contribution in [0.25, 0.3) is 0 Å². The molecular weight excluding hydrogens is 268 g/mol. The molecule has 4 heteroatoms. The van der Waals surface area contributed by atoms with Gasteiger partial charge in [0.15, 0.2) is 0 Å². The van der Waals surface area contributed by atoms with E-state index in [0.29, 0.717) is 13.2 Å². The lowest BCUT2D eigenvalue weighted by Gasteiger charge is -2.23. The average molecular weight is 290 g/mol. The Hall–Kier alpha value is -1.26. The van der Waals surface area contributed by atoms with Crippen molar-refractivity contribution in [3.63, 3.8) is 0 Å². The van der Waals surface area contributed by atoms with E-state index in [1.165, 1.54) is 32.1 Å². The highest BCUT2D eigenvalue weighted by atomic mass is 16.6. The first-order valence-electron chi connectivity index (χ1n) is 8.00. The summed E-state index contributed by atoms with van der Waals surface area (Å²) >= 11 is 0. The van der Waals surface area contributed by atoms with Crippen molar-refractivity contribution in [1.82, 2.24) is 0 Å². The van der Waals surface area contributed by atoms with Gasteiger partial charge in [-0.3, -0.25) is 0 Å². The summed E-state index contributed by atoms with van der Waals surface area (Å²) in [5, 5.41) is 9.71. The van der Waals surface area contributed by atoms with E-state index < -0.39 is 6.10 Å². The zero-order valence-corrected chi connectivity index (χ0v) is 12.2. The second kappa shape index (κ2) is 5.18. The monoisotopic (exact) mass is 290 g/mol. The van der Waals surface area contributed by atoms with Gasteiger partial charge in [0.25, 0.3) is 0 Å². The Morgan fingerprint density at radius 3 is 2.95 bits per heavy atom. The van der Waals surface area contributed by atoms with Crippen LogP contribution in [0.1, 0.15) is 50.2 Å². The van der Waals surface area contributed by atoms with Crippen LogP contribution in [0, 0.1) is 0 Å². The minimum atomic E-state index is -0.505. The fraction of sp³-hybridized carbons (Fsp3) is 0.647. The average Bonchev–Trinajstić information content (AvgIpc) is 3.20. The Balaban J connectivity index is 1.35. The maximum absolute atomic E-state index is 9.71. The van der Waals surface area contributed by atoms with Gasteiger partial charge in [-0.25, -0.2) is 0 Å². The second-order valence-corrected chi connectivity index (χ2v) is 6.51. The Kier molecular flexibility index (Phi) is 3.31. The van der Waals surface area contributed by atoms with E-state index in [9.17, 15) is 5.11 Å². The predicted molar refractivity (Wildman–Crippen MR) is 77.7 cm³/mol. The summed E-state index contributed by atoms with van der Waals surface area (Å²) in [5.74, 6) is 1.53. The summed E-state index contributed by atoms with van der Waals surface area (Å²) in [6.07, 6.45) is 7.02. The smallest absolute Gasteiger partial charge is 0.129 e. The van der Waals surface area contributed by atoms with Gasteiger partial charge >= 0.3 is 0 Å². The number of ether oxygens (including phenoxy) is 3. The maximum atomic E-state index is 9.71. The van der Waals surface area contributed by atoms with Gasteiger partial charge in [0, 0.05) is 11.6 Å². The maximum Gasteiger partial charge on any atom is 0.129 e. The van der Waals surface area contributed by atoms with Gasteiger partial charge < -0.3 is 19.3 Å². The third kappa shape index (κ3) is 2.51. The van der Waals surface area contributed by atoms with E-state index in [1.54, 1.807) is 0 Å². The molecule has 2 heterocycles. The minimum absolute atomic E-state index is 0.166. The standard InChI is InChI=1S/C17H22O4/c18-15-11-20-16-9-12(3-4-14(15)16)19-10-13-5-8-17(21-13)6-1-2-7-17/h3-4,9,13,15,18H,1-2,5-8,10-11H2. The largest absolute Gasteiger partial charge is 0.491 e. The van der Waals surface area contributed by atoms with Crippen LogP contribution >= 0.6 is 0 Å². The van der Waals surface area contributed by atoms with Crippen molar-refractivity contribution >= 4 is 0 Å². The van der Waals surface area contributed by atoms with Crippen molar-refractivity contribution in [2.24, 2.45) is 0 Å². The van der Waals surface area contributed by atoms with Crippen LogP contribution in [0.3, 0.4) is 0 Å². The van der Waals surface area contributed by atoms with E-state index in [0.717, 1.165) is 23.5 Å². The summed E-state index contributed by atoms with van der Waals surface area (Å²) in [5.41, 5.74) is 1.02. The molecule has 114 valence electrons. The Morgan fingerprint density at radius 1 is 1.24 bits per heavy atom. The first kappa shape index (κ1) is 13.4. The number of aliphatic hydroxyl groups is 1. The quantitative estimate of drug-likeness (QED) is 0.929. The van der Waals surface area contributed by atoms with Crippen molar-refractivity contribution in [2.75, 3.05) is 13.2 Å². The molecule has 1 N–H and O–H groups in total. The molecule has 1 aliphatic carbocycles. The second-order valence-electron chi connectivity index (χ2n) is 6.51. The Labute approximate surface area is 125 Å². The number of hydrogen-bond acceptors (Lipinski definition) is 4. The summed E-state index contributed by atoms with van der Waals surface area (Å²) in [7, 11) is 0. The van der Waals surface area contributed by atoms with Crippen LogP contribution in [-0.2, 0) is 4.74 Å². The molecular formula is C17H22O4. The third-order valence-electron chi connectivity index (χ3n) is 5.03. The molecule has 4 nitrogen and oxygen atoms in total. The first-order chi connectivity index (χ1) is 10.2. The lowest BCUT2D eigenvalue weighted by molar-refractivity contribution is -0.0509. The van der Waals surface area contributed by atoms with Gasteiger partial charge in [-0.05, 0) is 37.8 Å². The number of hydrogen-bond donors (Lipinski definition) is 1. The molecule has 2 fully saturated rings. The zero-order valence-electron chi connectivity index (χ0n) is 12.2. The molecule has 0 aromatic heterocycles. The molecule has 1 saturated carbocycles. The van der Waals surface area contributed by atoms with E-state index >= 15 is 0 Å². The lowest BCUT2D eigenvalue weighted by atomic mass is 9.98. The van der Waals surface area contributed by atoms with Gasteiger partial charge in [0.1, 0.15) is 30.8 Å². The van der Waals surface area contributed by atoms with Crippen LogP contribution in [0.5, 0.6) is 11.5 Å². The number of benzene rings is 1. The molecule has 4 rings (SSSR count). The highest BCUT2D eigenvalue weighted by Gasteiger charge is 2.42. The molecule has 21 heavy (non-hydrogen) atoms. The van der Waals surface area contributed by atoms with Crippen molar-refractivity contribution in [2.45, 2.75) is 56.3 Å². The van der Waals surface area contributed by atoms with E-state index in [4.69, 9.17) is 14.2 Å². The molecule has 1 aromatic rings. The van der Waals surface area contributed by atoms with Crippen molar-refractivity contribution < 1.29 is 19.3 Å². The van der Waals surface area contributed by atoms with Gasteiger partial charge in [-0.2, -0.15) is 0 Å². The molecule has 0 amide bonds. The SMILES string of the molecule is OC1COc2cc(OCC3CCC4(CCCC4)O3)ccc21. The molecule has 0 bridgehead atoms. The van der Waals surface area contributed by atoms with E-state index in [-0.39, 0.29) is 11.7 Å².